The van der Waals surface area contributed by atoms with Gasteiger partial charge in [-0.25, -0.2) is 18.4 Å². The van der Waals surface area contributed by atoms with Crippen molar-refractivity contribution < 1.29 is 13.2 Å². The Morgan fingerprint density at radius 2 is 2.14 bits per heavy atom. The van der Waals surface area contributed by atoms with E-state index in [9.17, 15) is 8.42 Å². The van der Waals surface area contributed by atoms with Crippen molar-refractivity contribution in [3.8, 4) is 6.01 Å². The van der Waals surface area contributed by atoms with Crippen LogP contribution in [0.25, 0.3) is 0 Å². The van der Waals surface area contributed by atoms with E-state index >= 15 is 0 Å². The molecule has 1 aliphatic rings. The number of thiophene rings is 1. The summed E-state index contributed by atoms with van der Waals surface area (Å²) in [6.45, 7) is 0.834. The molecule has 1 unspecified atom stereocenters. The zero-order chi connectivity index (χ0) is 15.6. The van der Waals surface area contributed by atoms with Gasteiger partial charge in [-0.3, -0.25) is 0 Å². The first-order valence-electron chi connectivity index (χ1n) is 6.73. The Labute approximate surface area is 141 Å². The molecule has 0 aliphatic carbocycles. The number of rotatable bonds is 4. The molecule has 1 fully saturated rings. The molecule has 0 aromatic carbocycles. The van der Waals surface area contributed by atoms with Gasteiger partial charge in [0.2, 0.25) is 0 Å². The lowest BCUT2D eigenvalue weighted by atomic mass is 10.1. The first-order chi connectivity index (χ1) is 10.6. The largest absolute Gasteiger partial charge is 0.459 e. The zero-order valence-corrected chi connectivity index (χ0v) is 14.8. The van der Waals surface area contributed by atoms with Crippen LogP contribution in [0.2, 0.25) is 0 Å². The maximum atomic E-state index is 12.5. The van der Waals surface area contributed by atoms with Gasteiger partial charge in [0, 0.05) is 18.9 Å². The quantitative estimate of drug-likeness (QED) is 0.783. The molecule has 1 atom stereocenters. The normalized spacial score (nSPS) is 20.0. The van der Waals surface area contributed by atoms with E-state index in [0.717, 1.165) is 17.3 Å². The molecule has 9 heteroatoms. The van der Waals surface area contributed by atoms with Crippen molar-refractivity contribution >= 4 is 37.3 Å². The van der Waals surface area contributed by atoms with Gasteiger partial charge >= 0.3 is 6.01 Å². The smallest absolute Gasteiger partial charge is 0.316 e. The van der Waals surface area contributed by atoms with Crippen LogP contribution in [-0.2, 0) is 10.0 Å². The van der Waals surface area contributed by atoms with E-state index in [-0.39, 0.29) is 12.1 Å². The Hall–Kier alpha value is -1.03. The van der Waals surface area contributed by atoms with E-state index in [2.05, 4.69) is 25.9 Å². The number of hydrogen-bond acceptors (Lipinski definition) is 6. The third-order valence-corrected chi connectivity index (χ3v) is 6.95. The lowest BCUT2D eigenvalue weighted by Gasteiger charge is -2.31. The number of ether oxygens (including phenoxy) is 1. The summed E-state index contributed by atoms with van der Waals surface area (Å²) in [6, 6.07) is 3.64. The molecule has 118 valence electrons. The third kappa shape index (κ3) is 3.48. The highest BCUT2D eigenvalue weighted by Gasteiger charge is 2.32. The monoisotopic (exact) mass is 403 g/mol. The molecule has 0 saturated carbocycles. The fourth-order valence-corrected chi connectivity index (χ4v) is 5.13. The van der Waals surface area contributed by atoms with Crippen molar-refractivity contribution in [3.63, 3.8) is 0 Å². The number of aromatic nitrogens is 2. The van der Waals surface area contributed by atoms with Gasteiger partial charge in [0.15, 0.2) is 0 Å². The van der Waals surface area contributed by atoms with E-state index in [1.807, 2.05) is 0 Å². The molecule has 0 radical (unpaired) electrons. The van der Waals surface area contributed by atoms with Crippen LogP contribution in [0.3, 0.4) is 0 Å². The first-order valence-corrected chi connectivity index (χ1v) is 9.85. The van der Waals surface area contributed by atoms with Gasteiger partial charge in [0.05, 0.1) is 11.0 Å². The van der Waals surface area contributed by atoms with Crippen LogP contribution < -0.4 is 4.74 Å². The molecule has 22 heavy (non-hydrogen) atoms. The van der Waals surface area contributed by atoms with Gasteiger partial charge in [-0.05, 0) is 40.2 Å². The number of hydrogen-bond donors (Lipinski definition) is 0. The summed E-state index contributed by atoms with van der Waals surface area (Å²) in [6.07, 6.45) is 4.52. The van der Waals surface area contributed by atoms with Crippen molar-refractivity contribution in [2.24, 2.45) is 0 Å². The number of nitrogens with zero attached hydrogens (tertiary/aromatic N) is 3. The molecule has 0 spiro atoms. The predicted molar refractivity (Wildman–Crippen MR) is 86.5 cm³/mol. The van der Waals surface area contributed by atoms with Gasteiger partial charge in [0.1, 0.15) is 10.3 Å². The number of sulfonamides is 1. The summed E-state index contributed by atoms with van der Waals surface area (Å²) in [7, 11) is -3.43. The molecule has 0 amide bonds. The fourth-order valence-electron chi connectivity index (χ4n) is 2.27. The summed E-state index contributed by atoms with van der Waals surface area (Å²) in [4.78, 5) is 8.13. The summed E-state index contributed by atoms with van der Waals surface area (Å²) < 4.78 is 33.4. The lowest BCUT2D eigenvalue weighted by Crippen LogP contribution is -2.44. The van der Waals surface area contributed by atoms with E-state index < -0.39 is 10.0 Å². The van der Waals surface area contributed by atoms with Gasteiger partial charge in [0.25, 0.3) is 10.0 Å². The molecule has 3 heterocycles. The fraction of sp³-hybridized carbons (Fsp3) is 0.385. The lowest BCUT2D eigenvalue weighted by molar-refractivity contribution is 0.119. The van der Waals surface area contributed by atoms with Crippen LogP contribution in [0, 0.1) is 0 Å². The molecule has 2 aromatic heterocycles. The van der Waals surface area contributed by atoms with Crippen molar-refractivity contribution in [2.75, 3.05) is 13.1 Å². The van der Waals surface area contributed by atoms with Crippen LogP contribution in [-0.4, -0.2) is 41.9 Å². The topological polar surface area (TPSA) is 72.4 Å². The minimum absolute atomic E-state index is 0.232. The Morgan fingerprint density at radius 1 is 1.36 bits per heavy atom. The highest BCUT2D eigenvalue weighted by Crippen LogP contribution is 2.25. The maximum Gasteiger partial charge on any atom is 0.316 e. The van der Waals surface area contributed by atoms with E-state index in [4.69, 9.17) is 4.74 Å². The van der Waals surface area contributed by atoms with E-state index in [1.54, 1.807) is 29.9 Å². The molecule has 2 aromatic rings. The molecule has 1 aliphatic heterocycles. The van der Waals surface area contributed by atoms with E-state index in [0.29, 0.717) is 17.3 Å². The Bertz CT molecular complexity index is 719. The van der Waals surface area contributed by atoms with Crippen LogP contribution >= 0.6 is 27.3 Å². The van der Waals surface area contributed by atoms with Crippen molar-refractivity contribution in [3.05, 3.63) is 34.4 Å². The average Bonchev–Trinajstić information content (AvgIpc) is 3.05. The Kier molecular flexibility index (Phi) is 4.76. The SMILES string of the molecule is O=S(=O)(c1cccs1)N1CCCC(Oc2ncc(Br)cn2)C1. The van der Waals surface area contributed by atoms with Crippen LogP contribution in [0.1, 0.15) is 12.8 Å². The van der Waals surface area contributed by atoms with Gasteiger partial charge in [-0.15, -0.1) is 11.3 Å². The highest BCUT2D eigenvalue weighted by molar-refractivity contribution is 9.10. The Morgan fingerprint density at radius 3 is 2.82 bits per heavy atom. The highest BCUT2D eigenvalue weighted by atomic mass is 79.9. The molecule has 0 N–H and O–H groups in total. The summed E-state index contributed by atoms with van der Waals surface area (Å²) in [5.74, 6) is 0. The second-order valence-corrected chi connectivity index (χ2v) is 8.89. The second-order valence-electron chi connectivity index (χ2n) is 4.86. The predicted octanol–water partition coefficient (Wildman–Crippen LogP) is 2.53. The van der Waals surface area contributed by atoms with E-state index in [1.165, 1.54) is 15.6 Å². The first kappa shape index (κ1) is 15.9. The molecule has 6 nitrogen and oxygen atoms in total. The summed E-state index contributed by atoms with van der Waals surface area (Å²) in [5, 5.41) is 1.76. The molecule has 0 bridgehead atoms. The minimum Gasteiger partial charge on any atom is -0.459 e. The van der Waals surface area contributed by atoms with Crippen molar-refractivity contribution in [2.45, 2.75) is 23.2 Å². The van der Waals surface area contributed by atoms with Crippen molar-refractivity contribution in [1.82, 2.24) is 14.3 Å². The summed E-state index contributed by atoms with van der Waals surface area (Å²) >= 11 is 4.49. The molecular weight excluding hydrogens is 390 g/mol. The van der Waals surface area contributed by atoms with Crippen LogP contribution in [0.15, 0.2) is 38.6 Å². The Balaban J connectivity index is 1.70. The zero-order valence-electron chi connectivity index (χ0n) is 11.6. The van der Waals surface area contributed by atoms with Crippen LogP contribution in [0.5, 0.6) is 6.01 Å². The van der Waals surface area contributed by atoms with Gasteiger partial charge in [-0.2, -0.15) is 4.31 Å². The number of piperidine rings is 1. The minimum atomic E-state index is -3.43. The average molecular weight is 404 g/mol. The van der Waals surface area contributed by atoms with Gasteiger partial charge < -0.3 is 4.74 Å². The molecule has 3 rings (SSSR count). The number of halogens is 1. The summed E-state index contributed by atoms with van der Waals surface area (Å²) in [5.41, 5.74) is 0. The molecular formula is C13H14BrN3O3S2. The maximum absolute atomic E-state index is 12.5. The van der Waals surface area contributed by atoms with Crippen LogP contribution in [0.4, 0.5) is 0 Å². The third-order valence-electron chi connectivity index (χ3n) is 3.30. The van der Waals surface area contributed by atoms with Gasteiger partial charge in [-0.1, -0.05) is 6.07 Å². The second kappa shape index (κ2) is 6.61. The molecule has 1 saturated heterocycles. The standard InChI is InChI=1S/C13H14BrN3O3S2/c14-10-7-15-13(16-8-10)20-11-3-1-5-17(9-11)22(18,19)12-4-2-6-21-12/h2,4,6-8,11H,1,3,5,9H2. The van der Waals surface area contributed by atoms with Crippen molar-refractivity contribution in [1.29, 1.82) is 0 Å².